The summed E-state index contributed by atoms with van der Waals surface area (Å²) < 4.78 is 0. The summed E-state index contributed by atoms with van der Waals surface area (Å²) in [6.45, 7) is 16.6. The lowest BCUT2D eigenvalue weighted by Crippen LogP contribution is -2.27. The number of hydrogen-bond donors (Lipinski definition) is 1. The number of nitrogens with one attached hydrogen (secondary N) is 1. The summed E-state index contributed by atoms with van der Waals surface area (Å²) in [5.41, 5.74) is 5.67. The number of rotatable bonds is 7. The molecule has 0 aliphatic heterocycles. The third kappa shape index (κ3) is 4.34. The first-order chi connectivity index (χ1) is 9.83. The van der Waals surface area contributed by atoms with Crippen LogP contribution >= 0.6 is 20.8 Å². The Hall–Kier alpha value is -0.780. The van der Waals surface area contributed by atoms with Crippen LogP contribution in [0.25, 0.3) is 5.70 Å². The Kier molecular flexibility index (Phi) is 6.97. The quantitative estimate of drug-likeness (QED) is 0.557. The van der Waals surface area contributed by atoms with Gasteiger partial charge in [0.1, 0.15) is 0 Å². The highest BCUT2D eigenvalue weighted by atomic mass is 35.5. The van der Waals surface area contributed by atoms with Gasteiger partial charge in [0.25, 0.3) is 0 Å². The van der Waals surface area contributed by atoms with Gasteiger partial charge in [0.05, 0.1) is 5.02 Å². The van der Waals surface area contributed by atoms with Crippen LogP contribution in [0.3, 0.4) is 0 Å². The van der Waals surface area contributed by atoms with Crippen molar-refractivity contribution in [1.82, 2.24) is 5.32 Å². The monoisotopic (exact) mass is 323 g/mol. The van der Waals surface area contributed by atoms with Crippen LogP contribution in [-0.4, -0.2) is 6.04 Å². The Morgan fingerprint density at radius 2 is 2.00 bits per heavy atom. The van der Waals surface area contributed by atoms with E-state index in [0.717, 1.165) is 41.1 Å². The molecule has 0 radical (unpaired) electrons. The molecule has 1 aromatic rings. The Morgan fingerprint density at radius 3 is 2.48 bits per heavy atom. The van der Waals surface area contributed by atoms with Crippen molar-refractivity contribution in [2.75, 3.05) is 0 Å². The molecular formula is C18H27ClNP. The summed E-state index contributed by atoms with van der Waals surface area (Å²) >= 11 is 6.51. The first kappa shape index (κ1) is 18.3. The first-order valence-corrected chi connectivity index (χ1v) is 8.49. The molecule has 0 aliphatic rings. The highest BCUT2D eigenvalue weighted by molar-refractivity contribution is 7.28. The van der Waals surface area contributed by atoms with Crippen LogP contribution < -0.4 is 10.6 Å². The highest BCUT2D eigenvalue weighted by Gasteiger charge is 2.16. The number of hydrogen-bond acceptors (Lipinski definition) is 1. The van der Waals surface area contributed by atoms with E-state index >= 15 is 0 Å². The zero-order valence-electron chi connectivity index (χ0n) is 13.6. The van der Waals surface area contributed by atoms with Crippen LogP contribution in [0, 0.1) is 0 Å². The Bertz CT molecular complexity index is 549. The molecular weight excluding hydrogens is 297 g/mol. The topological polar surface area (TPSA) is 12.0 Å². The van der Waals surface area contributed by atoms with Gasteiger partial charge < -0.3 is 5.32 Å². The summed E-state index contributed by atoms with van der Waals surface area (Å²) in [7, 11) is 2.86. The molecule has 1 rings (SSSR count). The van der Waals surface area contributed by atoms with Gasteiger partial charge in [-0.05, 0) is 49.2 Å². The molecule has 0 heterocycles. The lowest BCUT2D eigenvalue weighted by Gasteiger charge is -2.22. The van der Waals surface area contributed by atoms with Crippen molar-refractivity contribution in [2.24, 2.45) is 0 Å². The van der Waals surface area contributed by atoms with Gasteiger partial charge in [0.15, 0.2) is 0 Å². The average Bonchev–Trinajstić information content (AvgIpc) is 2.41. The minimum Gasteiger partial charge on any atom is -0.379 e. The summed E-state index contributed by atoms with van der Waals surface area (Å²) in [5.74, 6) is 0. The predicted molar refractivity (Wildman–Crippen MR) is 101 cm³/mol. The van der Waals surface area contributed by atoms with E-state index in [2.05, 4.69) is 54.6 Å². The lowest BCUT2D eigenvalue weighted by atomic mass is 9.96. The third-order valence-corrected chi connectivity index (χ3v) is 4.77. The van der Waals surface area contributed by atoms with Crippen molar-refractivity contribution in [2.45, 2.75) is 53.0 Å². The van der Waals surface area contributed by atoms with Gasteiger partial charge in [0.2, 0.25) is 0 Å². The maximum Gasteiger partial charge on any atom is 0.0508 e. The van der Waals surface area contributed by atoms with Crippen molar-refractivity contribution in [3.05, 3.63) is 46.5 Å². The molecule has 3 heteroatoms. The predicted octanol–water partition coefficient (Wildman–Crippen LogP) is 4.88. The summed E-state index contributed by atoms with van der Waals surface area (Å²) in [6, 6.07) is 2.27. The molecule has 2 atom stereocenters. The summed E-state index contributed by atoms with van der Waals surface area (Å²) in [4.78, 5) is 0. The molecule has 0 aliphatic carbocycles. The van der Waals surface area contributed by atoms with E-state index in [4.69, 9.17) is 11.6 Å². The molecule has 0 amide bonds. The first-order valence-electron chi connectivity index (χ1n) is 7.54. The molecule has 0 aromatic heterocycles. The van der Waals surface area contributed by atoms with Crippen LogP contribution in [0.1, 0.15) is 50.8 Å². The van der Waals surface area contributed by atoms with Crippen LogP contribution in [0.15, 0.2) is 24.8 Å². The van der Waals surface area contributed by atoms with Gasteiger partial charge in [-0.3, -0.25) is 0 Å². The largest absolute Gasteiger partial charge is 0.379 e. The molecule has 2 unspecified atom stereocenters. The molecule has 0 saturated carbocycles. The molecule has 0 saturated heterocycles. The van der Waals surface area contributed by atoms with Crippen LogP contribution in [0.2, 0.25) is 5.02 Å². The molecule has 21 heavy (non-hydrogen) atoms. The molecule has 1 N–H and O–H groups in total. The molecule has 1 nitrogen and oxygen atoms in total. The van der Waals surface area contributed by atoms with Crippen molar-refractivity contribution in [1.29, 1.82) is 0 Å². The third-order valence-electron chi connectivity index (χ3n) is 3.83. The average molecular weight is 324 g/mol. The van der Waals surface area contributed by atoms with Crippen molar-refractivity contribution in [3.63, 3.8) is 0 Å². The van der Waals surface area contributed by atoms with Gasteiger partial charge in [0, 0.05) is 17.3 Å². The maximum atomic E-state index is 6.51. The maximum absolute atomic E-state index is 6.51. The lowest BCUT2D eigenvalue weighted by molar-refractivity contribution is 0.746. The van der Waals surface area contributed by atoms with E-state index in [0.29, 0.717) is 0 Å². The van der Waals surface area contributed by atoms with Gasteiger partial charge in [-0.1, -0.05) is 50.6 Å². The van der Waals surface area contributed by atoms with E-state index in [9.17, 15) is 0 Å². The molecule has 116 valence electrons. The smallest absolute Gasteiger partial charge is 0.0508 e. The van der Waals surface area contributed by atoms with Gasteiger partial charge in [-0.25, -0.2) is 0 Å². The van der Waals surface area contributed by atoms with Crippen molar-refractivity contribution >= 4 is 31.8 Å². The van der Waals surface area contributed by atoms with Crippen LogP contribution in [0.4, 0.5) is 0 Å². The SMILES string of the molecule is C=C(NC(C)C(=C)C)c1c(Cl)cc(CC)c(CCC)c1P. The Labute approximate surface area is 137 Å². The fraction of sp³-hybridized carbons (Fsp3) is 0.444. The summed E-state index contributed by atoms with van der Waals surface area (Å²) in [6.07, 6.45) is 3.19. The van der Waals surface area contributed by atoms with Crippen LogP contribution in [0.5, 0.6) is 0 Å². The fourth-order valence-corrected chi connectivity index (χ4v) is 3.49. The molecule has 0 spiro atoms. The zero-order chi connectivity index (χ0) is 16.2. The fourth-order valence-electron chi connectivity index (χ4n) is 2.39. The standard InChI is InChI=1S/C18H27ClNP/c1-7-9-15-14(8-2)10-16(19)17(18(15)21)13(6)20-12(5)11(3)4/h10,12,20H,3,6-9,21H2,1-2,4-5H3. The van der Waals surface area contributed by atoms with Gasteiger partial charge in [-0.15, -0.1) is 9.24 Å². The van der Waals surface area contributed by atoms with Gasteiger partial charge in [-0.2, -0.15) is 0 Å². The highest BCUT2D eigenvalue weighted by Crippen LogP contribution is 2.27. The van der Waals surface area contributed by atoms with Crippen LogP contribution in [-0.2, 0) is 12.8 Å². The summed E-state index contributed by atoms with van der Waals surface area (Å²) in [5, 5.41) is 5.33. The van der Waals surface area contributed by atoms with E-state index in [-0.39, 0.29) is 6.04 Å². The second kappa shape index (κ2) is 8.01. The van der Waals surface area contributed by atoms with E-state index < -0.39 is 0 Å². The number of aryl methyl sites for hydroxylation is 1. The van der Waals surface area contributed by atoms with E-state index in [1.165, 1.54) is 16.4 Å². The second-order valence-electron chi connectivity index (χ2n) is 5.58. The minimum atomic E-state index is 0.179. The van der Waals surface area contributed by atoms with Crippen molar-refractivity contribution < 1.29 is 0 Å². The molecule has 0 bridgehead atoms. The molecule has 1 aromatic carbocycles. The zero-order valence-corrected chi connectivity index (χ0v) is 15.6. The number of benzene rings is 1. The van der Waals surface area contributed by atoms with Gasteiger partial charge >= 0.3 is 0 Å². The van der Waals surface area contributed by atoms with E-state index in [1.807, 2.05) is 6.92 Å². The molecule has 0 fully saturated rings. The van der Waals surface area contributed by atoms with Crippen molar-refractivity contribution in [3.8, 4) is 0 Å². The van der Waals surface area contributed by atoms with E-state index in [1.54, 1.807) is 0 Å². The Morgan fingerprint density at radius 1 is 1.38 bits per heavy atom. The number of halogens is 1. The Balaban J connectivity index is 3.26. The normalized spacial score (nSPS) is 12.1. The second-order valence-corrected chi connectivity index (χ2v) is 6.56. The minimum absolute atomic E-state index is 0.179.